The molecule has 1 N–H and O–H groups in total. The lowest BCUT2D eigenvalue weighted by molar-refractivity contribution is -0.118. The average molecular weight is 548 g/mol. The Morgan fingerprint density at radius 1 is 0.974 bits per heavy atom. The molecule has 192 valence electrons. The maximum atomic E-state index is 12.7. The van der Waals surface area contributed by atoms with Crippen LogP contribution in [0.25, 0.3) is 16.0 Å². The number of thioether (sulfide) groups is 1. The normalized spacial score (nSPS) is 14.8. The zero-order valence-corrected chi connectivity index (χ0v) is 22.8. The minimum Gasteiger partial charge on any atom is -0.456 e. The maximum Gasteiger partial charge on any atom is 0.250 e. The summed E-state index contributed by atoms with van der Waals surface area (Å²) < 4.78 is 8.43. The number of fused-ring (bicyclic) bond motifs is 2. The molecule has 0 unspecified atom stereocenters. The van der Waals surface area contributed by atoms with Gasteiger partial charge in [-0.25, -0.2) is 10.4 Å². The van der Waals surface area contributed by atoms with Crippen LogP contribution in [-0.4, -0.2) is 22.9 Å². The molecule has 1 amide bonds. The van der Waals surface area contributed by atoms with Crippen molar-refractivity contribution in [3.8, 4) is 5.75 Å². The summed E-state index contributed by atoms with van der Waals surface area (Å²) >= 11 is 3.00. The molecule has 0 aliphatic carbocycles. The molecular weight excluding hydrogens is 523 g/mol. The summed E-state index contributed by atoms with van der Waals surface area (Å²) in [6.45, 7) is 2.08. The van der Waals surface area contributed by atoms with Crippen LogP contribution >= 0.6 is 23.1 Å². The minimum absolute atomic E-state index is 0.108. The molecule has 0 spiro atoms. The number of carbonyl (C=O) groups excluding carboxylic acids is 1. The van der Waals surface area contributed by atoms with E-state index in [2.05, 4.69) is 52.8 Å². The zero-order valence-electron chi connectivity index (χ0n) is 21.2. The number of hydrogen-bond acceptors (Lipinski definition) is 6. The molecule has 0 saturated carbocycles. The predicted octanol–water partition coefficient (Wildman–Crippen LogP) is 7.43. The van der Waals surface area contributed by atoms with Crippen molar-refractivity contribution < 1.29 is 9.53 Å². The number of para-hydroxylation sites is 2. The Kier molecular flexibility index (Phi) is 7.25. The molecular formula is C32H25N3O2S2. The van der Waals surface area contributed by atoms with Crippen LogP contribution in [0.5, 0.6) is 5.75 Å². The summed E-state index contributed by atoms with van der Waals surface area (Å²) in [5.74, 6) is 1.46. The highest BCUT2D eigenvalue weighted by Crippen LogP contribution is 2.45. The first-order valence-corrected chi connectivity index (χ1v) is 14.4. The molecule has 0 saturated heterocycles. The first-order valence-electron chi connectivity index (χ1n) is 12.6. The van der Waals surface area contributed by atoms with Crippen molar-refractivity contribution in [2.45, 2.75) is 17.2 Å². The number of hydrazone groups is 1. The average Bonchev–Trinajstić information content (AvgIpc) is 3.40. The van der Waals surface area contributed by atoms with Crippen molar-refractivity contribution in [3.63, 3.8) is 0 Å². The Bertz CT molecular complexity index is 1660. The second-order valence-electron chi connectivity index (χ2n) is 9.16. The largest absolute Gasteiger partial charge is 0.456 e. The summed E-state index contributed by atoms with van der Waals surface area (Å²) in [7, 11) is 0. The van der Waals surface area contributed by atoms with E-state index in [4.69, 9.17) is 4.74 Å². The highest BCUT2D eigenvalue weighted by atomic mass is 32.2. The fraction of sp³-hybridized carbons (Fsp3) is 0.0938. The molecule has 2 heterocycles. The quantitative estimate of drug-likeness (QED) is 0.131. The van der Waals surface area contributed by atoms with Crippen LogP contribution in [0.4, 0.5) is 0 Å². The number of benzene rings is 4. The van der Waals surface area contributed by atoms with Crippen LogP contribution < -0.4 is 10.2 Å². The Hall–Kier alpha value is -4.20. The first kappa shape index (κ1) is 25.1. The minimum atomic E-state index is -0.193. The molecule has 4 aromatic carbocycles. The van der Waals surface area contributed by atoms with Gasteiger partial charge in [-0.15, -0.1) is 11.3 Å². The van der Waals surface area contributed by atoms with Gasteiger partial charge in [0.15, 0.2) is 4.34 Å². The van der Waals surface area contributed by atoms with Gasteiger partial charge in [0, 0.05) is 22.6 Å². The number of ether oxygens (including phenoxy) is 1. The number of nitrogens with one attached hydrogen (secondary N) is 1. The molecule has 0 fully saturated rings. The van der Waals surface area contributed by atoms with E-state index in [9.17, 15) is 4.79 Å². The number of amides is 1. The zero-order chi connectivity index (χ0) is 26.6. The Labute approximate surface area is 235 Å². The van der Waals surface area contributed by atoms with Crippen molar-refractivity contribution in [2.24, 2.45) is 5.10 Å². The third kappa shape index (κ3) is 5.50. The van der Waals surface area contributed by atoms with Crippen molar-refractivity contribution in [1.82, 2.24) is 10.4 Å². The summed E-state index contributed by atoms with van der Waals surface area (Å²) in [5, 5.41) is 4.40. The fourth-order valence-electron chi connectivity index (χ4n) is 4.59. The highest BCUT2D eigenvalue weighted by molar-refractivity contribution is 8.01. The molecule has 5 aromatic rings. The van der Waals surface area contributed by atoms with E-state index in [1.807, 2.05) is 72.8 Å². The number of hydrogen-bond donors (Lipinski definition) is 1. The molecule has 6 rings (SSSR count). The number of rotatable bonds is 7. The number of thiazole rings is 1. The third-order valence-electron chi connectivity index (χ3n) is 6.46. The molecule has 5 nitrogen and oxygen atoms in total. The van der Waals surface area contributed by atoms with Crippen LogP contribution in [0.15, 0.2) is 118 Å². The monoisotopic (exact) mass is 547 g/mol. The van der Waals surface area contributed by atoms with Crippen molar-refractivity contribution >= 4 is 51.2 Å². The molecule has 1 aliphatic heterocycles. The van der Waals surface area contributed by atoms with E-state index in [1.165, 1.54) is 17.3 Å². The SMILES string of the molecule is Cc1ccc([C@H]2C(/C=N\NC(=O)CSc3nc4ccccc4s3)=C(c3ccccc3)Oc3ccccc32)cc1. The van der Waals surface area contributed by atoms with Gasteiger partial charge >= 0.3 is 0 Å². The van der Waals surface area contributed by atoms with Crippen molar-refractivity contribution in [1.29, 1.82) is 0 Å². The van der Waals surface area contributed by atoms with Gasteiger partial charge in [-0.1, -0.05) is 102 Å². The summed E-state index contributed by atoms with van der Waals surface area (Å²) in [6, 6.07) is 34.6. The number of aryl methyl sites for hydroxylation is 1. The standard InChI is InChI=1S/C32H25N3O2S2/c1-21-15-17-22(18-16-21)30-24-11-5-7-13-27(24)37-31(23-9-3-2-4-10-23)25(30)19-33-35-29(36)20-38-32-34-26-12-6-8-14-28(26)39-32/h2-19,30H,20H2,1H3,(H,35,36)/b33-19-/t30-/m1/s1. The second-order valence-corrected chi connectivity index (χ2v) is 11.4. The molecule has 0 radical (unpaired) electrons. The van der Waals surface area contributed by atoms with E-state index in [1.54, 1.807) is 17.6 Å². The fourth-order valence-corrected chi connectivity index (χ4v) is 6.45. The van der Waals surface area contributed by atoms with Gasteiger partial charge < -0.3 is 4.74 Å². The van der Waals surface area contributed by atoms with E-state index in [0.717, 1.165) is 48.3 Å². The van der Waals surface area contributed by atoms with E-state index in [-0.39, 0.29) is 17.6 Å². The van der Waals surface area contributed by atoms with Gasteiger partial charge in [0.05, 0.1) is 22.2 Å². The third-order valence-corrected chi connectivity index (χ3v) is 8.64. The van der Waals surface area contributed by atoms with Crippen LogP contribution in [0.3, 0.4) is 0 Å². The topological polar surface area (TPSA) is 63.6 Å². The predicted molar refractivity (Wildman–Crippen MR) is 160 cm³/mol. The summed E-state index contributed by atoms with van der Waals surface area (Å²) in [6.07, 6.45) is 1.73. The van der Waals surface area contributed by atoms with Gasteiger partial charge in [-0.3, -0.25) is 4.79 Å². The van der Waals surface area contributed by atoms with E-state index in [0.29, 0.717) is 0 Å². The second kappa shape index (κ2) is 11.3. The van der Waals surface area contributed by atoms with Crippen LogP contribution in [-0.2, 0) is 4.79 Å². The number of allylic oxidation sites excluding steroid dienone is 1. The lowest BCUT2D eigenvalue weighted by Crippen LogP contribution is -2.22. The molecule has 1 atom stereocenters. The number of carbonyl (C=O) groups is 1. The Balaban J connectivity index is 1.29. The molecule has 1 aliphatic rings. The van der Waals surface area contributed by atoms with Crippen molar-refractivity contribution in [2.75, 3.05) is 5.75 Å². The first-order chi connectivity index (χ1) is 19.2. The molecule has 39 heavy (non-hydrogen) atoms. The highest BCUT2D eigenvalue weighted by Gasteiger charge is 2.30. The summed E-state index contributed by atoms with van der Waals surface area (Å²) in [4.78, 5) is 17.3. The Morgan fingerprint density at radius 2 is 1.72 bits per heavy atom. The maximum absolute atomic E-state index is 12.7. The lowest BCUT2D eigenvalue weighted by Gasteiger charge is -2.30. The van der Waals surface area contributed by atoms with Gasteiger partial charge in [-0.05, 0) is 30.7 Å². The lowest BCUT2D eigenvalue weighted by atomic mass is 9.81. The van der Waals surface area contributed by atoms with E-state index >= 15 is 0 Å². The summed E-state index contributed by atoms with van der Waals surface area (Å²) in [5.41, 5.74) is 8.86. The molecule has 7 heteroatoms. The number of aromatic nitrogens is 1. The Morgan fingerprint density at radius 3 is 2.54 bits per heavy atom. The van der Waals surface area contributed by atoms with Gasteiger partial charge in [0.2, 0.25) is 0 Å². The van der Waals surface area contributed by atoms with Crippen LogP contribution in [0.1, 0.15) is 28.2 Å². The van der Waals surface area contributed by atoms with Gasteiger partial charge in [-0.2, -0.15) is 5.10 Å². The van der Waals surface area contributed by atoms with Gasteiger partial charge in [0.1, 0.15) is 11.5 Å². The van der Waals surface area contributed by atoms with Crippen LogP contribution in [0, 0.1) is 6.92 Å². The smallest absolute Gasteiger partial charge is 0.250 e. The molecule has 0 bridgehead atoms. The van der Waals surface area contributed by atoms with Crippen LogP contribution in [0.2, 0.25) is 0 Å². The van der Waals surface area contributed by atoms with Crippen molar-refractivity contribution in [3.05, 3.63) is 131 Å². The molecule has 1 aromatic heterocycles. The van der Waals surface area contributed by atoms with E-state index < -0.39 is 0 Å². The number of nitrogens with zero attached hydrogens (tertiary/aromatic N) is 2. The van der Waals surface area contributed by atoms with Gasteiger partial charge in [0.25, 0.3) is 5.91 Å².